The highest BCUT2D eigenvalue weighted by Crippen LogP contribution is 2.42. The molecular formula is C14H15N3O2. The number of carbonyl (C=O) groups is 1. The van der Waals surface area contributed by atoms with Gasteiger partial charge in [-0.1, -0.05) is 44.2 Å². The summed E-state index contributed by atoms with van der Waals surface area (Å²) in [5, 5.41) is 13.2. The number of aromatic carboxylic acids is 1. The maximum Gasteiger partial charge on any atom is 0.375 e. The van der Waals surface area contributed by atoms with Crippen LogP contribution in [0.4, 0.5) is 0 Å². The number of hydrogen-bond donors (Lipinski definition) is 1. The lowest BCUT2D eigenvalue weighted by molar-refractivity contribution is 0.0682. The summed E-state index contributed by atoms with van der Waals surface area (Å²) >= 11 is 0. The highest BCUT2D eigenvalue weighted by atomic mass is 16.4. The molecule has 1 aromatic heterocycles. The molecule has 2 heterocycles. The molecule has 0 saturated heterocycles. The Bertz CT molecular complexity index is 631. The maximum absolute atomic E-state index is 11.0. The van der Waals surface area contributed by atoms with Crippen LogP contribution in [0.5, 0.6) is 0 Å². The molecule has 3 rings (SSSR count). The summed E-state index contributed by atoms with van der Waals surface area (Å²) < 4.78 is 1.76. The Morgan fingerprint density at radius 1 is 1.37 bits per heavy atom. The third-order valence-electron chi connectivity index (χ3n) is 3.61. The first kappa shape index (κ1) is 11.9. The lowest BCUT2D eigenvalue weighted by Gasteiger charge is -2.16. The Kier molecular flexibility index (Phi) is 2.45. The molecule has 1 aliphatic rings. The van der Waals surface area contributed by atoms with Crippen molar-refractivity contribution in [2.75, 3.05) is 0 Å². The van der Waals surface area contributed by atoms with Crippen LogP contribution in [-0.2, 0) is 5.41 Å². The van der Waals surface area contributed by atoms with Gasteiger partial charge in [-0.3, -0.25) is 0 Å². The molecule has 0 spiro atoms. The molecule has 1 atom stereocenters. The van der Waals surface area contributed by atoms with Gasteiger partial charge in [-0.25, -0.2) is 14.5 Å². The maximum atomic E-state index is 11.0. The van der Waals surface area contributed by atoms with Gasteiger partial charge in [0, 0.05) is 5.41 Å². The fourth-order valence-corrected chi connectivity index (χ4v) is 2.69. The van der Waals surface area contributed by atoms with E-state index in [1.54, 1.807) is 4.68 Å². The summed E-state index contributed by atoms with van der Waals surface area (Å²) in [5.74, 6) is -0.452. The molecule has 19 heavy (non-hydrogen) atoms. The minimum atomic E-state index is -1.08. The molecule has 0 radical (unpaired) electrons. The highest BCUT2D eigenvalue weighted by molar-refractivity contribution is 5.83. The number of hydrogen-bond acceptors (Lipinski definition) is 3. The highest BCUT2D eigenvalue weighted by Gasteiger charge is 2.41. The molecule has 0 bridgehead atoms. The Morgan fingerprint density at radius 3 is 2.68 bits per heavy atom. The summed E-state index contributed by atoms with van der Waals surface area (Å²) in [5.41, 5.74) is 0.970. The van der Waals surface area contributed by atoms with E-state index in [9.17, 15) is 4.79 Å². The van der Waals surface area contributed by atoms with E-state index >= 15 is 0 Å². The van der Waals surface area contributed by atoms with Gasteiger partial charge in [-0.15, -0.1) is 5.10 Å². The smallest absolute Gasteiger partial charge is 0.375 e. The van der Waals surface area contributed by atoms with E-state index in [2.05, 4.69) is 23.9 Å². The minimum absolute atomic E-state index is 0.0619. The lowest BCUT2D eigenvalue weighted by Crippen LogP contribution is -2.15. The van der Waals surface area contributed by atoms with Crippen LogP contribution in [0.3, 0.4) is 0 Å². The summed E-state index contributed by atoms with van der Waals surface area (Å²) in [4.78, 5) is 15.2. The van der Waals surface area contributed by atoms with Crippen molar-refractivity contribution >= 4 is 5.97 Å². The van der Waals surface area contributed by atoms with Gasteiger partial charge in [0.25, 0.3) is 5.82 Å². The SMILES string of the molecule is CC1(C)CC(c2ccccc2)n2nc(C(=O)O)nc21. The summed E-state index contributed by atoms with van der Waals surface area (Å²) in [6, 6.07) is 10.1. The predicted octanol–water partition coefficient (Wildman–Crippen LogP) is 2.25. The molecule has 5 nitrogen and oxygen atoms in total. The zero-order chi connectivity index (χ0) is 13.6. The first-order chi connectivity index (χ1) is 8.99. The molecule has 98 valence electrons. The molecule has 1 aliphatic heterocycles. The Balaban J connectivity index is 2.11. The van der Waals surface area contributed by atoms with Crippen molar-refractivity contribution in [1.29, 1.82) is 0 Å². The number of nitrogens with zero attached hydrogens (tertiary/aromatic N) is 3. The molecule has 0 aliphatic carbocycles. The van der Waals surface area contributed by atoms with Gasteiger partial charge < -0.3 is 5.11 Å². The van der Waals surface area contributed by atoms with Crippen LogP contribution >= 0.6 is 0 Å². The molecule has 0 amide bonds. The van der Waals surface area contributed by atoms with Gasteiger partial charge in [0.2, 0.25) is 0 Å². The zero-order valence-corrected chi connectivity index (χ0v) is 10.9. The fraction of sp³-hybridized carbons (Fsp3) is 0.357. The Labute approximate surface area is 110 Å². The van der Waals surface area contributed by atoms with Crippen molar-refractivity contribution in [3.63, 3.8) is 0 Å². The van der Waals surface area contributed by atoms with Gasteiger partial charge in [0.05, 0.1) is 6.04 Å². The number of fused-ring (bicyclic) bond motifs is 1. The van der Waals surface area contributed by atoms with E-state index in [0.717, 1.165) is 17.8 Å². The fourth-order valence-electron chi connectivity index (χ4n) is 2.69. The molecule has 1 unspecified atom stereocenters. The van der Waals surface area contributed by atoms with E-state index in [4.69, 9.17) is 5.11 Å². The number of carboxylic acid groups (broad SMARTS) is 1. The van der Waals surface area contributed by atoms with Gasteiger partial charge in [-0.2, -0.15) is 0 Å². The second kappa shape index (κ2) is 3.91. The standard InChI is InChI=1S/C14H15N3O2/c1-14(2)8-10(9-6-4-3-5-7-9)17-13(14)15-11(16-17)12(18)19/h3-7,10H,8H2,1-2H3,(H,18,19). The quantitative estimate of drug-likeness (QED) is 0.896. The van der Waals surface area contributed by atoms with Crippen molar-refractivity contribution in [3.05, 3.63) is 47.5 Å². The van der Waals surface area contributed by atoms with Crippen molar-refractivity contribution in [3.8, 4) is 0 Å². The molecular weight excluding hydrogens is 242 g/mol. The van der Waals surface area contributed by atoms with Crippen molar-refractivity contribution in [2.24, 2.45) is 0 Å². The average Bonchev–Trinajstić information content (AvgIpc) is 2.91. The molecule has 5 heteroatoms. The van der Waals surface area contributed by atoms with Gasteiger partial charge in [-0.05, 0) is 12.0 Å². The second-order valence-corrected chi connectivity index (χ2v) is 5.52. The normalized spacial score (nSPS) is 20.2. The topological polar surface area (TPSA) is 68.0 Å². The number of rotatable bonds is 2. The molecule has 1 N–H and O–H groups in total. The van der Waals surface area contributed by atoms with Crippen LogP contribution < -0.4 is 0 Å². The van der Waals surface area contributed by atoms with Gasteiger partial charge >= 0.3 is 5.97 Å². The molecule has 0 fully saturated rings. The summed E-state index contributed by atoms with van der Waals surface area (Å²) in [6.45, 7) is 4.14. The molecule has 0 saturated carbocycles. The molecule has 2 aromatic rings. The van der Waals surface area contributed by atoms with Crippen LogP contribution in [0.25, 0.3) is 0 Å². The number of aromatic nitrogens is 3. The lowest BCUT2D eigenvalue weighted by atomic mass is 9.87. The van der Waals surface area contributed by atoms with Crippen molar-refractivity contribution < 1.29 is 9.90 Å². The zero-order valence-electron chi connectivity index (χ0n) is 10.9. The van der Waals surface area contributed by atoms with E-state index in [0.29, 0.717) is 0 Å². The summed E-state index contributed by atoms with van der Waals surface area (Å²) in [7, 11) is 0. The number of carboxylic acids is 1. The van der Waals surface area contributed by atoms with Crippen LogP contribution in [0.2, 0.25) is 0 Å². The first-order valence-electron chi connectivity index (χ1n) is 6.24. The van der Waals surface area contributed by atoms with Crippen LogP contribution in [0, 0.1) is 0 Å². The van der Waals surface area contributed by atoms with Crippen molar-refractivity contribution in [2.45, 2.75) is 31.7 Å². The number of benzene rings is 1. The van der Waals surface area contributed by atoms with E-state index in [1.165, 1.54) is 0 Å². The van der Waals surface area contributed by atoms with Gasteiger partial charge in [0.1, 0.15) is 5.82 Å². The predicted molar refractivity (Wildman–Crippen MR) is 69.2 cm³/mol. The van der Waals surface area contributed by atoms with E-state index in [1.807, 2.05) is 30.3 Å². The largest absolute Gasteiger partial charge is 0.475 e. The second-order valence-electron chi connectivity index (χ2n) is 5.52. The minimum Gasteiger partial charge on any atom is -0.475 e. The third kappa shape index (κ3) is 1.82. The van der Waals surface area contributed by atoms with Crippen LogP contribution in [-0.4, -0.2) is 25.8 Å². The Morgan fingerprint density at radius 2 is 2.05 bits per heavy atom. The van der Waals surface area contributed by atoms with E-state index < -0.39 is 5.97 Å². The Hall–Kier alpha value is -2.17. The van der Waals surface area contributed by atoms with E-state index in [-0.39, 0.29) is 17.3 Å². The monoisotopic (exact) mass is 257 g/mol. The van der Waals surface area contributed by atoms with Gasteiger partial charge in [0.15, 0.2) is 0 Å². The summed E-state index contributed by atoms with van der Waals surface area (Å²) in [6.07, 6.45) is 0.881. The van der Waals surface area contributed by atoms with Crippen molar-refractivity contribution in [1.82, 2.24) is 14.8 Å². The van der Waals surface area contributed by atoms with Crippen LogP contribution in [0.15, 0.2) is 30.3 Å². The third-order valence-corrected chi connectivity index (χ3v) is 3.61. The average molecular weight is 257 g/mol. The first-order valence-corrected chi connectivity index (χ1v) is 6.24. The van der Waals surface area contributed by atoms with Crippen LogP contribution in [0.1, 0.15) is 48.3 Å². The molecule has 1 aromatic carbocycles.